The Hall–Kier alpha value is -1.06. The van der Waals surface area contributed by atoms with Gasteiger partial charge in [0.2, 0.25) is 5.91 Å². The fraction of sp³-hybridized carbons (Fsp3) is 0.824. The van der Waals surface area contributed by atoms with Gasteiger partial charge in [0, 0.05) is 26.7 Å². The maximum atomic E-state index is 11.9. The Morgan fingerprint density at radius 2 is 1.84 bits per heavy atom. The number of halogens is 1. The number of carbonyl (C=O) groups is 2. The number of aliphatic imine (C=N–C) groups is 1. The van der Waals surface area contributed by atoms with Crippen LogP contribution in [0.25, 0.3) is 0 Å². The number of hydrogen-bond donors (Lipinski definition) is 2. The number of nitrogens with zero attached hydrogens (tertiary/aromatic N) is 2. The third-order valence-corrected chi connectivity index (χ3v) is 4.22. The maximum Gasteiger partial charge on any atom is 0.309 e. The van der Waals surface area contributed by atoms with Crippen LogP contribution >= 0.6 is 24.0 Å². The molecule has 0 atom stereocenters. The number of piperidine rings is 1. The summed E-state index contributed by atoms with van der Waals surface area (Å²) < 4.78 is 5.11. The molecule has 0 aromatic rings. The summed E-state index contributed by atoms with van der Waals surface area (Å²) in [5.41, 5.74) is -0.557. The normalized spacial score (nSPS) is 16.0. The molecular weight excluding hydrogens is 435 g/mol. The summed E-state index contributed by atoms with van der Waals surface area (Å²) in [6.45, 7) is 10.7. The van der Waals surface area contributed by atoms with E-state index in [4.69, 9.17) is 4.74 Å². The molecule has 1 aliphatic rings. The number of amides is 1. The summed E-state index contributed by atoms with van der Waals surface area (Å²) >= 11 is 0. The van der Waals surface area contributed by atoms with E-state index in [0.29, 0.717) is 13.2 Å². The van der Waals surface area contributed by atoms with Crippen molar-refractivity contribution in [1.82, 2.24) is 15.5 Å². The molecule has 8 heteroatoms. The van der Waals surface area contributed by atoms with Gasteiger partial charge in [-0.25, -0.2) is 0 Å². The first-order chi connectivity index (χ1) is 11.4. The minimum atomic E-state index is -0.557. The van der Waals surface area contributed by atoms with Crippen LogP contribution in [0.3, 0.4) is 0 Å². The molecule has 146 valence electrons. The first-order valence-electron chi connectivity index (χ1n) is 8.77. The summed E-state index contributed by atoms with van der Waals surface area (Å²) in [6.07, 6.45) is 1.53. The van der Waals surface area contributed by atoms with Gasteiger partial charge in [-0.2, -0.15) is 0 Å². The second kappa shape index (κ2) is 11.5. The van der Waals surface area contributed by atoms with Crippen molar-refractivity contribution < 1.29 is 14.3 Å². The van der Waals surface area contributed by atoms with Gasteiger partial charge in [0.05, 0.1) is 24.5 Å². The quantitative estimate of drug-likeness (QED) is 0.268. The van der Waals surface area contributed by atoms with Crippen molar-refractivity contribution in [3.8, 4) is 0 Å². The van der Waals surface area contributed by atoms with Gasteiger partial charge in [-0.1, -0.05) is 0 Å². The summed E-state index contributed by atoms with van der Waals surface area (Å²) in [6, 6.07) is 0. The highest BCUT2D eigenvalue weighted by Gasteiger charge is 2.29. The van der Waals surface area contributed by atoms with Gasteiger partial charge < -0.3 is 20.3 Å². The summed E-state index contributed by atoms with van der Waals surface area (Å²) in [7, 11) is 1.64. The number of carbonyl (C=O) groups excluding carboxylic acids is 2. The fourth-order valence-corrected chi connectivity index (χ4v) is 2.70. The number of likely N-dealkylation sites (tertiary alicyclic amines) is 1. The molecule has 1 fully saturated rings. The molecule has 0 aromatic carbocycles. The van der Waals surface area contributed by atoms with Crippen molar-refractivity contribution >= 4 is 41.8 Å². The van der Waals surface area contributed by atoms with E-state index >= 15 is 0 Å². The monoisotopic (exact) mass is 468 g/mol. The van der Waals surface area contributed by atoms with E-state index in [1.54, 1.807) is 7.05 Å². The number of rotatable bonds is 6. The van der Waals surface area contributed by atoms with Crippen LogP contribution in [-0.2, 0) is 14.3 Å². The van der Waals surface area contributed by atoms with Crippen LogP contribution in [0.1, 0.15) is 40.5 Å². The van der Waals surface area contributed by atoms with Crippen LogP contribution in [0, 0.1) is 11.3 Å². The fourth-order valence-electron chi connectivity index (χ4n) is 2.70. The molecule has 1 aliphatic heterocycles. The third-order valence-electron chi connectivity index (χ3n) is 4.22. The van der Waals surface area contributed by atoms with Crippen LogP contribution in [0.2, 0.25) is 0 Å². The number of guanidine groups is 1. The van der Waals surface area contributed by atoms with Crippen LogP contribution in [-0.4, -0.2) is 62.6 Å². The molecule has 0 aliphatic carbocycles. The molecule has 1 saturated heterocycles. The van der Waals surface area contributed by atoms with Gasteiger partial charge in [0.1, 0.15) is 0 Å². The molecule has 2 N–H and O–H groups in total. The molecule has 0 spiro atoms. The van der Waals surface area contributed by atoms with Crippen molar-refractivity contribution in [3.05, 3.63) is 0 Å². The molecular formula is C17H33IN4O3. The predicted molar refractivity (Wildman–Crippen MR) is 110 cm³/mol. The molecule has 0 saturated carbocycles. The zero-order chi connectivity index (χ0) is 18.2. The summed E-state index contributed by atoms with van der Waals surface area (Å²) in [5.74, 6) is 0.658. The van der Waals surface area contributed by atoms with Crippen molar-refractivity contribution in [2.75, 3.05) is 39.8 Å². The highest BCUT2D eigenvalue weighted by atomic mass is 127. The molecule has 7 nitrogen and oxygen atoms in total. The van der Waals surface area contributed by atoms with Gasteiger partial charge in [-0.3, -0.25) is 14.6 Å². The van der Waals surface area contributed by atoms with Crippen LogP contribution in [0.5, 0.6) is 0 Å². The molecule has 0 radical (unpaired) electrons. The zero-order valence-electron chi connectivity index (χ0n) is 16.1. The topological polar surface area (TPSA) is 83.0 Å². The molecule has 0 aromatic heterocycles. The molecule has 1 rings (SSSR count). The standard InChI is InChI=1S/C17H32N4O3.HI/c1-6-19-16(20-12-17(3,4)15(23)18-5)21-10-8-13(9-11-21)14(22)24-7-2;/h13H,6-12H2,1-5H3,(H,18,23)(H,19,20);1H. The lowest BCUT2D eigenvalue weighted by atomic mass is 9.92. The number of nitrogens with one attached hydrogen (secondary N) is 2. The Morgan fingerprint density at radius 1 is 1.24 bits per heavy atom. The number of esters is 1. The Labute approximate surface area is 168 Å². The van der Waals surface area contributed by atoms with Gasteiger partial charge in [-0.05, 0) is 40.5 Å². The van der Waals surface area contributed by atoms with Crippen LogP contribution in [0.15, 0.2) is 4.99 Å². The predicted octanol–water partition coefficient (Wildman–Crippen LogP) is 1.62. The second-order valence-electron chi connectivity index (χ2n) is 6.65. The highest BCUT2D eigenvalue weighted by molar-refractivity contribution is 14.0. The van der Waals surface area contributed by atoms with E-state index in [1.165, 1.54) is 0 Å². The van der Waals surface area contributed by atoms with Crippen molar-refractivity contribution in [3.63, 3.8) is 0 Å². The molecule has 0 bridgehead atoms. The Balaban J connectivity index is 0.00000576. The molecule has 1 heterocycles. The molecule has 25 heavy (non-hydrogen) atoms. The smallest absolute Gasteiger partial charge is 0.309 e. The maximum absolute atomic E-state index is 11.9. The van der Waals surface area contributed by atoms with Gasteiger partial charge >= 0.3 is 5.97 Å². The molecule has 0 unspecified atom stereocenters. The second-order valence-corrected chi connectivity index (χ2v) is 6.65. The minimum Gasteiger partial charge on any atom is -0.466 e. The first kappa shape index (κ1) is 23.9. The highest BCUT2D eigenvalue weighted by Crippen LogP contribution is 2.20. The third kappa shape index (κ3) is 7.37. The Bertz CT molecular complexity index is 461. The summed E-state index contributed by atoms with van der Waals surface area (Å²) in [5, 5.41) is 5.96. The lowest BCUT2D eigenvalue weighted by Crippen LogP contribution is -2.47. The van der Waals surface area contributed by atoms with Crippen molar-refractivity contribution in [2.45, 2.75) is 40.5 Å². The van der Waals surface area contributed by atoms with E-state index in [1.807, 2.05) is 27.7 Å². The van der Waals surface area contributed by atoms with Gasteiger partial charge in [0.25, 0.3) is 0 Å². The minimum absolute atomic E-state index is 0. The van der Waals surface area contributed by atoms with E-state index in [9.17, 15) is 9.59 Å². The SMILES string of the molecule is CCNC(=NCC(C)(C)C(=O)NC)N1CCC(C(=O)OCC)CC1.I. The van der Waals surface area contributed by atoms with Crippen molar-refractivity contribution in [1.29, 1.82) is 0 Å². The lowest BCUT2D eigenvalue weighted by molar-refractivity contribution is -0.149. The van der Waals surface area contributed by atoms with Crippen LogP contribution < -0.4 is 10.6 Å². The Kier molecular flexibility index (Phi) is 11.0. The molecule has 1 amide bonds. The average molecular weight is 468 g/mol. The Morgan fingerprint density at radius 3 is 2.32 bits per heavy atom. The van der Waals surface area contributed by atoms with Crippen molar-refractivity contribution in [2.24, 2.45) is 16.3 Å². The van der Waals surface area contributed by atoms with Gasteiger partial charge in [-0.15, -0.1) is 24.0 Å². The number of ether oxygens (including phenoxy) is 1. The number of hydrogen-bond acceptors (Lipinski definition) is 4. The largest absolute Gasteiger partial charge is 0.466 e. The van der Waals surface area contributed by atoms with E-state index in [2.05, 4.69) is 20.5 Å². The lowest BCUT2D eigenvalue weighted by Gasteiger charge is -2.33. The van der Waals surface area contributed by atoms with E-state index in [-0.39, 0.29) is 41.8 Å². The van der Waals surface area contributed by atoms with Gasteiger partial charge in [0.15, 0.2) is 5.96 Å². The van der Waals surface area contributed by atoms with E-state index < -0.39 is 5.41 Å². The zero-order valence-corrected chi connectivity index (χ0v) is 18.4. The van der Waals surface area contributed by atoms with E-state index in [0.717, 1.165) is 38.4 Å². The average Bonchev–Trinajstić information content (AvgIpc) is 2.58. The van der Waals surface area contributed by atoms with Crippen LogP contribution in [0.4, 0.5) is 0 Å². The summed E-state index contributed by atoms with van der Waals surface area (Å²) in [4.78, 5) is 30.5. The first-order valence-corrected chi connectivity index (χ1v) is 8.77.